The minimum atomic E-state index is -0.239. The summed E-state index contributed by atoms with van der Waals surface area (Å²) in [5.74, 6) is -0.0332. The number of nitrogens with one attached hydrogen (secondary N) is 1. The number of hydrogen-bond acceptors (Lipinski definition) is 3. The van der Waals surface area contributed by atoms with Gasteiger partial charge in [-0.15, -0.1) is 0 Å². The Morgan fingerprint density at radius 3 is 3.00 bits per heavy atom. The van der Waals surface area contributed by atoms with Crippen molar-refractivity contribution in [3.05, 3.63) is 29.3 Å². The van der Waals surface area contributed by atoms with Crippen molar-refractivity contribution in [1.82, 2.24) is 5.32 Å². The van der Waals surface area contributed by atoms with Gasteiger partial charge in [-0.25, -0.2) is 0 Å². The number of benzene rings is 1. The summed E-state index contributed by atoms with van der Waals surface area (Å²) in [4.78, 5) is 12.9. The van der Waals surface area contributed by atoms with Gasteiger partial charge in [0.1, 0.15) is 6.73 Å². The zero-order valence-electron chi connectivity index (χ0n) is 8.66. The van der Waals surface area contributed by atoms with E-state index in [1.54, 1.807) is 0 Å². The van der Waals surface area contributed by atoms with Crippen LogP contribution >= 0.6 is 0 Å². The Kier molecular flexibility index (Phi) is 2.70. The first-order chi connectivity index (χ1) is 7.26. The number of anilines is 1. The number of hydrogen-bond donors (Lipinski definition) is 2. The third-order valence-corrected chi connectivity index (χ3v) is 2.60. The second kappa shape index (κ2) is 4.00. The maximum atomic E-state index is 11.5. The van der Waals surface area contributed by atoms with Gasteiger partial charge in [-0.1, -0.05) is 12.1 Å². The Hall–Kier alpha value is -1.39. The Morgan fingerprint density at radius 2 is 2.33 bits per heavy atom. The number of rotatable bonds is 3. The topological polar surface area (TPSA) is 52.6 Å². The Bertz CT molecular complexity index is 390. The molecule has 0 saturated carbocycles. The van der Waals surface area contributed by atoms with Gasteiger partial charge in [0.25, 0.3) is 0 Å². The lowest BCUT2D eigenvalue weighted by Gasteiger charge is -2.13. The number of aliphatic hydroxyl groups excluding tert-OH is 1. The fourth-order valence-corrected chi connectivity index (χ4v) is 1.91. The molecule has 4 heteroatoms. The van der Waals surface area contributed by atoms with Gasteiger partial charge in [0.15, 0.2) is 0 Å². The molecule has 1 aliphatic heterocycles. The minimum Gasteiger partial charge on any atom is -0.376 e. The number of fused-ring (bicyclic) bond motifs is 1. The molecule has 1 amide bonds. The monoisotopic (exact) mass is 206 g/mol. The number of carbonyl (C=O) groups excluding carboxylic acids is 1. The van der Waals surface area contributed by atoms with Crippen LogP contribution in [-0.2, 0) is 17.8 Å². The average molecular weight is 206 g/mol. The summed E-state index contributed by atoms with van der Waals surface area (Å²) in [6.45, 7) is 0.553. The smallest absolute Gasteiger partial charge is 0.233 e. The lowest BCUT2D eigenvalue weighted by Crippen LogP contribution is -2.27. The molecular formula is C11H14N2O2. The van der Waals surface area contributed by atoms with E-state index in [2.05, 4.69) is 5.32 Å². The van der Waals surface area contributed by atoms with Crippen LogP contribution in [0.5, 0.6) is 0 Å². The Labute approximate surface area is 88.5 Å². The molecule has 1 aromatic carbocycles. The van der Waals surface area contributed by atoms with Crippen LogP contribution in [0, 0.1) is 0 Å². The van der Waals surface area contributed by atoms with Crippen molar-refractivity contribution in [1.29, 1.82) is 0 Å². The molecule has 15 heavy (non-hydrogen) atoms. The Balaban J connectivity index is 2.33. The quantitative estimate of drug-likeness (QED) is 0.745. The van der Waals surface area contributed by atoms with Crippen molar-refractivity contribution < 1.29 is 9.90 Å². The number of amides is 1. The number of nitrogens with zero attached hydrogens (tertiary/aromatic N) is 1. The zero-order valence-corrected chi connectivity index (χ0v) is 8.66. The van der Waals surface area contributed by atoms with Gasteiger partial charge in [0, 0.05) is 12.2 Å². The standard InChI is InChI=1S/C11H14N2O2/c1-12-6-8-2-3-10-9(4-8)5-11(15)13(10)7-14/h2-4,12,14H,5-7H2,1H3. The van der Waals surface area contributed by atoms with Gasteiger partial charge >= 0.3 is 0 Å². The molecule has 1 aliphatic rings. The molecule has 2 N–H and O–H groups in total. The van der Waals surface area contributed by atoms with Crippen LogP contribution in [0.3, 0.4) is 0 Å². The summed E-state index contributed by atoms with van der Waals surface area (Å²) in [5.41, 5.74) is 2.99. The number of carbonyl (C=O) groups is 1. The van der Waals surface area contributed by atoms with E-state index in [9.17, 15) is 4.79 Å². The fraction of sp³-hybridized carbons (Fsp3) is 0.364. The SMILES string of the molecule is CNCc1ccc2c(c1)CC(=O)N2CO. The molecule has 0 atom stereocenters. The van der Waals surface area contributed by atoms with Gasteiger partial charge in [-0.2, -0.15) is 0 Å². The molecule has 1 heterocycles. The van der Waals surface area contributed by atoms with E-state index in [-0.39, 0.29) is 12.6 Å². The first kappa shape index (κ1) is 10.1. The molecule has 0 radical (unpaired) electrons. The summed E-state index contributed by atoms with van der Waals surface area (Å²) < 4.78 is 0. The highest BCUT2D eigenvalue weighted by Gasteiger charge is 2.26. The summed E-state index contributed by atoms with van der Waals surface area (Å²) in [7, 11) is 1.89. The van der Waals surface area contributed by atoms with Crippen molar-refractivity contribution in [2.45, 2.75) is 13.0 Å². The maximum Gasteiger partial charge on any atom is 0.233 e. The van der Waals surface area contributed by atoms with Crippen LogP contribution in [0.25, 0.3) is 0 Å². The van der Waals surface area contributed by atoms with Crippen LogP contribution in [0.15, 0.2) is 18.2 Å². The van der Waals surface area contributed by atoms with Crippen LogP contribution in [0.1, 0.15) is 11.1 Å². The maximum absolute atomic E-state index is 11.5. The summed E-state index contributed by atoms with van der Waals surface area (Å²) >= 11 is 0. The average Bonchev–Trinajstić information content (AvgIpc) is 2.53. The van der Waals surface area contributed by atoms with Crippen LogP contribution in [0.2, 0.25) is 0 Å². The molecule has 1 aromatic rings. The lowest BCUT2D eigenvalue weighted by molar-refractivity contribution is -0.118. The predicted molar refractivity (Wildman–Crippen MR) is 57.5 cm³/mol. The molecule has 2 rings (SSSR count). The van der Waals surface area contributed by atoms with E-state index in [1.807, 2.05) is 25.2 Å². The van der Waals surface area contributed by atoms with Gasteiger partial charge in [0.2, 0.25) is 5.91 Å². The predicted octanol–water partition coefficient (Wildman–Crippen LogP) is 0.245. The summed E-state index contributed by atoms with van der Waals surface area (Å²) in [6, 6.07) is 5.87. The molecular weight excluding hydrogens is 192 g/mol. The van der Waals surface area contributed by atoms with E-state index in [4.69, 9.17) is 5.11 Å². The second-order valence-corrected chi connectivity index (χ2v) is 3.63. The molecule has 0 saturated heterocycles. The molecule has 0 aliphatic carbocycles. The van der Waals surface area contributed by atoms with Crippen LogP contribution in [-0.4, -0.2) is 24.8 Å². The van der Waals surface area contributed by atoms with Gasteiger partial charge in [-0.05, 0) is 24.2 Å². The molecule has 80 valence electrons. The fourth-order valence-electron chi connectivity index (χ4n) is 1.91. The zero-order chi connectivity index (χ0) is 10.8. The molecule has 0 aromatic heterocycles. The molecule has 4 nitrogen and oxygen atoms in total. The van der Waals surface area contributed by atoms with Crippen molar-refractivity contribution in [2.24, 2.45) is 0 Å². The molecule has 0 fully saturated rings. The second-order valence-electron chi connectivity index (χ2n) is 3.63. The lowest BCUT2D eigenvalue weighted by atomic mass is 10.1. The highest BCUT2D eigenvalue weighted by atomic mass is 16.3. The van der Waals surface area contributed by atoms with Crippen LogP contribution in [0.4, 0.5) is 5.69 Å². The van der Waals surface area contributed by atoms with Crippen molar-refractivity contribution in [2.75, 3.05) is 18.7 Å². The minimum absolute atomic E-state index is 0.0332. The number of aliphatic hydroxyl groups is 1. The molecule has 0 unspecified atom stereocenters. The van der Waals surface area contributed by atoms with E-state index in [0.29, 0.717) is 6.42 Å². The highest BCUT2D eigenvalue weighted by molar-refractivity contribution is 6.01. The Morgan fingerprint density at radius 1 is 1.53 bits per heavy atom. The van der Waals surface area contributed by atoms with E-state index < -0.39 is 0 Å². The molecule has 0 spiro atoms. The van der Waals surface area contributed by atoms with Crippen LogP contribution < -0.4 is 10.2 Å². The third-order valence-electron chi connectivity index (χ3n) is 2.60. The highest BCUT2D eigenvalue weighted by Crippen LogP contribution is 2.28. The van der Waals surface area contributed by atoms with Gasteiger partial charge < -0.3 is 10.4 Å². The first-order valence-electron chi connectivity index (χ1n) is 4.94. The largest absolute Gasteiger partial charge is 0.376 e. The van der Waals surface area contributed by atoms with E-state index >= 15 is 0 Å². The first-order valence-corrected chi connectivity index (χ1v) is 4.94. The van der Waals surface area contributed by atoms with Gasteiger partial charge in [-0.3, -0.25) is 9.69 Å². The van der Waals surface area contributed by atoms with Crippen molar-refractivity contribution in [3.8, 4) is 0 Å². The van der Waals surface area contributed by atoms with E-state index in [1.165, 1.54) is 4.90 Å². The van der Waals surface area contributed by atoms with E-state index in [0.717, 1.165) is 23.4 Å². The third kappa shape index (κ3) is 1.73. The summed E-state index contributed by atoms with van der Waals surface area (Å²) in [5, 5.41) is 12.1. The molecule has 0 bridgehead atoms. The van der Waals surface area contributed by atoms with Gasteiger partial charge in [0.05, 0.1) is 6.42 Å². The van der Waals surface area contributed by atoms with Crippen molar-refractivity contribution >= 4 is 11.6 Å². The summed E-state index contributed by atoms with van der Waals surface area (Å²) in [6.07, 6.45) is 0.396. The van der Waals surface area contributed by atoms with Crippen molar-refractivity contribution in [3.63, 3.8) is 0 Å². The normalized spacial score (nSPS) is 14.5.